The first-order chi connectivity index (χ1) is 12.6. The van der Waals surface area contributed by atoms with Gasteiger partial charge >= 0.3 is 5.97 Å². The molecule has 1 heterocycles. The topological polar surface area (TPSA) is 63.0 Å². The molecule has 0 bridgehead atoms. The van der Waals surface area contributed by atoms with E-state index in [9.17, 15) is 4.79 Å². The summed E-state index contributed by atoms with van der Waals surface area (Å²) < 4.78 is 5.31. The van der Waals surface area contributed by atoms with Gasteiger partial charge in [0.05, 0.1) is 22.9 Å². The number of hydrogen-bond acceptors (Lipinski definition) is 5. The zero-order valence-corrected chi connectivity index (χ0v) is 15.4. The zero-order chi connectivity index (χ0) is 18.5. The molecule has 3 aromatic rings. The highest BCUT2D eigenvalue weighted by Crippen LogP contribution is 2.26. The van der Waals surface area contributed by atoms with Crippen molar-refractivity contribution in [3.05, 3.63) is 76.3 Å². The van der Waals surface area contributed by atoms with Gasteiger partial charge in [0, 0.05) is 10.9 Å². The molecule has 26 heavy (non-hydrogen) atoms. The SMILES string of the molecule is CC(C)c1ccc(-c2nc(COC(=O)c3ccc(C#N)cc3)cs2)cc1. The predicted molar refractivity (Wildman–Crippen MR) is 102 cm³/mol. The molecule has 0 aliphatic heterocycles. The van der Waals surface area contributed by atoms with Gasteiger partial charge in [0.15, 0.2) is 0 Å². The van der Waals surface area contributed by atoms with Crippen LogP contribution >= 0.6 is 11.3 Å². The van der Waals surface area contributed by atoms with Crippen LogP contribution in [0.1, 0.15) is 46.9 Å². The molecular formula is C21H18N2O2S. The van der Waals surface area contributed by atoms with Crippen molar-refractivity contribution >= 4 is 17.3 Å². The fraction of sp³-hybridized carbons (Fsp3) is 0.190. The Morgan fingerprint density at radius 1 is 1.15 bits per heavy atom. The smallest absolute Gasteiger partial charge is 0.338 e. The van der Waals surface area contributed by atoms with E-state index in [1.54, 1.807) is 24.3 Å². The monoisotopic (exact) mass is 362 g/mol. The van der Waals surface area contributed by atoms with E-state index < -0.39 is 5.97 Å². The Hall–Kier alpha value is -2.97. The van der Waals surface area contributed by atoms with Crippen LogP contribution < -0.4 is 0 Å². The van der Waals surface area contributed by atoms with Crippen molar-refractivity contribution in [3.63, 3.8) is 0 Å². The number of nitrogens with zero attached hydrogens (tertiary/aromatic N) is 2. The zero-order valence-electron chi connectivity index (χ0n) is 14.6. The van der Waals surface area contributed by atoms with Gasteiger partial charge in [0.1, 0.15) is 11.6 Å². The maximum atomic E-state index is 12.1. The predicted octanol–water partition coefficient (Wildman–Crippen LogP) is 5.16. The maximum Gasteiger partial charge on any atom is 0.338 e. The number of thiazole rings is 1. The Morgan fingerprint density at radius 2 is 1.85 bits per heavy atom. The molecule has 5 heteroatoms. The minimum atomic E-state index is -0.426. The third-order valence-electron chi connectivity index (χ3n) is 3.98. The summed E-state index contributed by atoms with van der Waals surface area (Å²) in [5.41, 5.74) is 4.00. The Balaban J connectivity index is 1.63. The fourth-order valence-electron chi connectivity index (χ4n) is 2.42. The van der Waals surface area contributed by atoms with Gasteiger partial charge in [-0.1, -0.05) is 38.1 Å². The Kier molecular flexibility index (Phi) is 5.45. The van der Waals surface area contributed by atoms with E-state index in [1.165, 1.54) is 16.9 Å². The van der Waals surface area contributed by atoms with Crippen LogP contribution in [0.15, 0.2) is 53.9 Å². The van der Waals surface area contributed by atoms with Crippen molar-refractivity contribution in [1.82, 2.24) is 4.98 Å². The van der Waals surface area contributed by atoms with Gasteiger partial charge in [-0.2, -0.15) is 5.26 Å². The van der Waals surface area contributed by atoms with Crippen LogP contribution in [-0.4, -0.2) is 11.0 Å². The summed E-state index contributed by atoms with van der Waals surface area (Å²) in [6.07, 6.45) is 0. The first-order valence-corrected chi connectivity index (χ1v) is 9.17. The third kappa shape index (κ3) is 4.16. The van der Waals surface area contributed by atoms with E-state index in [0.717, 1.165) is 16.3 Å². The van der Waals surface area contributed by atoms with Crippen molar-refractivity contribution in [2.24, 2.45) is 0 Å². The van der Waals surface area contributed by atoms with Crippen LogP contribution in [0.3, 0.4) is 0 Å². The van der Waals surface area contributed by atoms with Crippen molar-refractivity contribution in [2.75, 3.05) is 0 Å². The molecule has 0 amide bonds. The second-order valence-electron chi connectivity index (χ2n) is 6.19. The molecule has 0 N–H and O–H groups in total. The highest BCUT2D eigenvalue weighted by Gasteiger charge is 2.10. The first kappa shape index (κ1) is 17.8. The van der Waals surface area contributed by atoms with Gasteiger partial charge in [0.2, 0.25) is 0 Å². The van der Waals surface area contributed by atoms with Crippen molar-refractivity contribution in [1.29, 1.82) is 5.26 Å². The van der Waals surface area contributed by atoms with Gasteiger partial charge in [-0.25, -0.2) is 9.78 Å². The summed E-state index contributed by atoms with van der Waals surface area (Å²) in [7, 11) is 0. The normalized spacial score (nSPS) is 10.5. The lowest BCUT2D eigenvalue weighted by molar-refractivity contribution is 0.0468. The maximum absolute atomic E-state index is 12.1. The third-order valence-corrected chi connectivity index (χ3v) is 4.92. The van der Waals surface area contributed by atoms with Crippen molar-refractivity contribution in [3.8, 4) is 16.6 Å². The van der Waals surface area contributed by atoms with Gasteiger partial charge in [-0.05, 0) is 35.7 Å². The molecule has 0 atom stereocenters. The number of rotatable bonds is 5. The van der Waals surface area contributed by atoms with E-state index in [2.05, 4.69) is 43.1 Å². The van der Waals surface area contributed by atoms with E-state index in [0.29, 0.717) is 17.0 Å². The molecule has 2 aromatic carbocycles. The van der Waals surface area contributed by atoms with Gasteiger partial charge in [-0.3, -0.25) is 0 Å². The highest BCUT2D eigenvalue weighted by atomic mass is 32.1. The molecule has 4 nitrogen and oxygen atoms in total. The average molecular weight is 362 g/mol. The largest absolute Gasteiger partial charge is 0.456 e. The van der Waals surface area contributed by atoms with Crippen LogP contribution in [0, 0.1) is 11.3 Å². The van der Waals surface area contributed by atoms with Crippen molar-refractivity contribution in [2.45, 2.75) is 26.4 Å². The van der Waals surface area contributed by atoms with E-state index in [1.807, 2.05) is 11.4 Å². The van der Waals surface area contributed by atoms with Crippen molar-refractivity contribution < 1.29 is 9.53 Å². The molecular weight excluding hydrogens is 344 g/mol. The van der Waals surface area contributed by atoms with E-state index in [-0.39, 0.29) is 6.61 Å². The highest BCUT2D eigenvalue weighted by molar-refractivity contribution is 7.13. The van der Waals surface area contributed by atoms with Crippen LogP contribution in [0.5, 0.6) is 0 Å². The lowest BCUT2D eigenvalue weighted by Gasteiger charge is -2.05. The lowest BCUT2D eigenvalue weighted by Crippen LogP contribution is -2.05. The molecule has 0 saturated heterocycles. The summed E-state index contributed by atoms with van der Waals surface area (Å²) >= 11 is 1.53. The summed E-state index contributed by atoms with van der Waals surface area (Å²) in [5, 5.41) is 11.6. The second kappa shape index (κ2) is 7.94. The molecule has 1 aromatic heterocycles. The molecule has 130 valence electrons. The fourth-order valence-corrected chi connectivity index (χ4v) is 3.23. The molecule has 0 saturated carbocycles. The van der Waals surface area contributed by atoms with Gasteiger partial charge in [-0.15, -0.1) is 11.3 Å². The Labute approximate surface area is 156 Å². The Bertz CT molecular complexity index is 935. The van der Waals surface area contributed by atoms with Gasteiger partial charge < -0.3 is 4.74 Å². The Morgan fingerprint density at radius 3 is 2.46 bits per heavy atom. The molecule has 0 fully saturated rings. The lowest BCUT2D eigenvalue weighted by atomic mass is 10.0. The summed E-state index contributed by atoms with van der Waals surface area (Å²) in [5.74, 6) is 0.0721. The van der Waals surface area contributed by atoms with Crippen LogP contribution in [0.2, 0.25) is 0 Å². The molecule has 0 unspecified atom stereocenters. The summed E-state index contributed by atoms with van der Waals surface area (Å²) in [6.45, 7) is 4.46. The number of hydrogen-bond donors (Lipinski definition) is 0. The number of esters is 1. The summed E-state index contributed by atoms with van der Waals surface area (Å²) in [4.78, 5) is 16.6. The number of benzene rings is 2. The van der Waals surface area contributed by atoms with Crippen LogP contribution in [-0.2, 0) is 11.3 Å². The molecule has 0 spiro atoms. The molecule has 3 rings (SSSR count). The average Bonchev–Trinajstić information content (AvgIpc) is 3.15. The van der Waals surface area contributed by atoms with Gasteiger partial charge in [0.25, 0.3) is 0 Å². The van der Waals surface area contributed by atoms with Crippen LogP contribution in [0.25, 0.3) is 10.6 Å². The summed E-state index contributed by atoms with van der Waals surface area (Å²) in [6, 6.07) is 16.8. The molecule has 0 aliphatic rings. The first-order valence-electron chi connectivity index (χ1n) is 8.29. The molecule has 0 radical (unpaired) electrons. The number of carbonyl (C=O) groups excluding carboxylic acids is 1. The van der Waals surface area contributed by atoms with E-state index >= 15 is 0 Å². The molecule has 0 aliphatic carbocycles. The number of aromatic nitrogens is 1. The van der Waals surface area contributed by atoms with Crippen LogP contribution in [0.4, 0.5) is 0 Å². The number of ether oxygens (including phenoxy) is 1. The number of carbonyl (C=O) groups is 1. The number of nitriles is 1. The minimum absolute atomic E-state index is 0.124. The minimum Gasteiger partial charge on any atom is -0.456 e. The van der Waals surface area contributed by atoms with E-state index in [4.69, 9.17) is 10.00 Å². The standard InChI is InChI=1S/C21H18N2O2S/c1-14(2)16-7-9-17(10-8-16)20-23-19(13-26-20)12-25-21(24)18-5-3-15(11-22)4-6-18/h3-10,13-14H,12H2,1-2H3. The second-order valence-corrected chi connectivity index (χ2v) is 7.04. The quantitative estimate of drug-likeness (QED) is 0.588.